The minimum Gasteiger partial charge on any atom is -0.466 e. The highest BCUT2D eigenvalue weighted by molar-refractivity contribution is 8.18. The van der Waals surface area contributed by atoms with Crippen molar-refractivity contribution in [2.75, 3.05) is 7.11 Å². The van der Waals surface area contributed by atoms with Crippen LogP contribution in [0.1, 0.15) is 5.56 Å². The summed E-state index contributed by atoms with van der Waals surface area (Å²) >= 11 is 12.3. The van der Waals surface area contributed by atoms with E-state index in [9.17, 15) is 14.0 Å². The van der Waals surface area contributed by atoms with E-state index in [1.807, 2.05) is 0 Å². The van der Waals surface area contributed by atoms with Gasteiger partial charge in [0.2, 0.25) is 0 Å². The van der Waals surface area contributed by atoms with Crippen molar-refractivity contribution in [1.29, 1.82) is 0 Å². The third-order valence-corrected chi connectivity index (χ3v) is 4.14. The SMILES string of the molecule is COC(=O)/C=C1/S/C(=N\N=Cc2cc(F)c(Cl)c(Cl)c2)NC1=O. The standard InChI is InChI=1S/C13H8Cl2FN3O3S/c1-22-10(20)4-9-12(21)18-13(23-9)19-17-5-6-2-7(14)11(15)8(16)3-6/h2-5H,1H3,(H,18,19,21)/b9-4+,17-5?. The lowest BCUT2D eigenvalue weighted by Gasteiger charge is -1.98. The van der Waals surface area contributed by atoms with Gasteiger partial charge in [-0.2, -0.15) is 5.10 Å². The lowest BCUT2D eigenvalue weighted by atomic mass is 10.2. The topological polar surface area (TPSA) is 80.1 Å². The molecule has 1 aromatic rings. The molecule has 0 saturated carbocycles. The van der Waals surface area contributed by atoms with Gasteiger partial charge >= 0.3 is 5.97 Å². The second-order valence-electron chi connectivity index (χ2n) is 4.04. The smallest absolute Gasteiger partial charge is 0.331 e. The average Bonchev–Trinajstić information content (AvgIpc) is 2.84. The second kappa shape index (κ2) is 7.58. The van der Waals surface area contributed by atoms with Crippen molar-refractivity contribution in [3.8, 4) is 0 Å². The van der Waals surface area contributed by atoms with Crippen molar-refractivity contribution in [2.45, 2.75) is 0 Å². The molecular weight excluding hydrogens is 368 g/mol. The Morgan fingerprint density at radius 2 is 2.17 bits per heavy atom. The van der Waals surface area contributed by atoms with Gasteiger partial charge in [-0.1, -0.05) is 23.2 Å². The van der Waals surface area contributed by atoms with Crippen LogP contribution < -0.4 is 5.32 Å². The summed E-state index contributed by atoms with van der Waals surface area (Å²) in [6.07, 6.45) is 2.29. The van der Waals surface area contributed by atoms with Crippen molar-refractivity contribution in [2.24, 2.45) is 10.2 Å². The summed E-state index contributed by atoms with van der Waals surface area (Å²) in [7, 11) is 1.20. The van der Waals surface area contributed by atoms with Crippen molar-refractivity contribution < 1.29 is 18.7 Å². The van der Waals surface area contributed by atoms with Crippen LogP contribution in [0.3, 0.4) is 0 Å². The zero-order valence-electron chi connectivity index (χ0n) is 11.5. The fraction of sp³-hybridized carbons (Fsp3) is 0.0769. The number of hydrogen-bond donors (Lipinski definition) is 1. The molecule has 0 atom stereocenters. The Morgan fingerprint density at radius 3 is 2.83 bits per heavy atom. The number of nitrogens with one attached hydrogen (secondary N) is 1. The van der Waals surface area contributed by atoms with Crippen LogP contribution in [0.15, 0.2) is 33.3 Å². The van der Waals surface area contributed by atoms with Gasteiger partial charge in [-0.25, -0.2) is 9.18 Å². The third-order valence-electron chi connectivity index (χ3n) is 2.46. The lowest BCUT2D eigenvalue weighted by molar-refractivity contribution is -0.135. The first kappa shape index (κ1) is 17.5. The van der Waals surface area contributed by atoms with Gasteiger partial charge in [-0.3, -0.25) is 10.1 Å². The van der Waals surface area contributed by atoms with Gasteiger partial charge in [-0.15, -0.1) is 5.10 Å². The Hall–Kier alpha value is -1.90. The number of amidine groups is 1. The molecule has 0 bridgehead atoms. The molecule has 0 unspecified atom stereocenters. The number of halogens is 3. The third kappa shape index (κ3) is 4.54. The van der Waals surface area contributed by atoms with Gasteiger partial charge in [0, 0.05) is 6.08 Å². The number of thioether (sulfide) groups is 1. The molecule has 1 amide bonds. The number of ether oxygens (including phenoxy) is 1. The summed E-state index contributed by atoms with van der Waals surface area (Å²) in [6, 6.07) is 2.56. The zero-order chi connectivity index (χ0) is 17.0. The molecule has 10 heteroatoms. The van der Waals surface area contributed by atoms with Crippen LogP contribution in [0.5, 0.6) is 0 Å². The molecule has 1 aromatic carbocycles. The molecule has 1 saturated heterocycles. The predicted molar refractivity (Wildman–Crippen MR) is 87.3 cm³/mol. The average molecular weight is 376 g/mol. The number of carbonyl (C=O) groups excluding carboxylic acids is 2. The molecular formula is C13H8Cl2FN3O3S. The number of methoxy groups -OCH3 is 1. The Bertz CT molecular complexity index is 742. The van der Waals surface area contributed by atoms with E-state index < -0.39 is 17.7 Å². The van der Waals surface area contributed by atoms with Crippen LogP contribution in [-0.2, 0) is 14.3 Å². The number of esters is 1. The maximum Gasteiger partial charge on any atom is 0.331 e. The summed E-state index contributed by atoms with van der Waals surface area (Å²) in [5.41, 5.74) is 0.348. The van der Waals surface area contributed by atoms with Crippen LogP contribution in [-0.4, -0.2) is 30.4 Å². The van der Waals surface area contributed by atoms with E-state index in [0.29, 0.717) is 5.56 Å². The van der Waals surface area contributed by atoms with Crippen molar-refractivity contribution in [3.05, 3.63) is 44.5 Å². The normalized spacial score (nSPS) is 18.0. The number of nitrogens with zero attached hydrogens (tertiary/aromatic N) is 2. The maximum absolute atomic E-state index is 13.4. The first-order chi connectivity index (χ1) is 10.9. The van der Waals surface area contributed by atoms with Crippen molar-refractivity contribution in [1.82, 2.24) is 5.32 Å². The molecule has 0 spiro atoms. The molecule has 0 aliphatic carbocycles. The second-order valence-corrected chi connectivity index (χ2v) is 5.85. The molecule has 0 aromatic heterocycles. The highest BCUT2D eigenvalue weighted by atomic mass is 35.5. The molecule has 1 heterocycles. The molecule has 23 heavy (non-hydrogen) atoms. The van der Waals surface area contributed by atoms with Gasteiger partial charge in [-0.05, 0) is 29.5 Å². The number of amides is 1. The number of carbonyl (C=O) groups is 2. The van der Waals surface area contributed by atoms with E-state index in [1.165, 1.54) is 19.4 Å². The maximum atomic E-state index is 13.4. The van der Waals surface area contributed by atoms with Gasteiger partial charge in [0.25, 0.3) is 5.91 Å². The molecule has 2 rings (SSSR count). The Balaban J connectivity index is 2.11. The first-order valence-electron chi connectivity index (χ1n) is 5.95. The fourth-order valence-corrected chi connectivity index (χ4v) is 2.50. The van der Waals surface area contributed by atoms with Crippen LogP contribution in [0.25, 0.3) is 0 Å². The van der Waals surface area contributed by atoms with E-state index in [0.717, 1.165) is 23.9 Å². The predicted octanol–water partition coefficient (Wildman–Crippen LogP) is 2.74. The van der Waals surface area contributed by atoms with Gasteiger partial charge in [0.15, 0.2) is 5.17 Å². The number of benzene rings is 1. The van der Waals surface area contributed by atoms with E-state index in [-0.39, 0.29) is 20.1 Å². The number of hydrogen-bond acceptors (Lipinski definition) is 6. The van der Waals surface area contributed by atoms with E-state index in [4.69, 9.17) is 23.2 Å². The fourth-order valence-electron chi connectivity index (χ4n) is 1.44. The summed E-state index contributed by atoms with van der Waals surface area (Å²) < 4.78 is 17.8. The summed E-state index contributed by atoms with van der Waals surface area (Å²) in [6.45, 7) is 0. The first-order valence-corrected chi connectivity index (χ1v) is 7.52. The Kier molecular flexibility index (Phi) is 5.75. The van der Waals surface area contributed by atoms with Crippen LogP contribution in [0.2, 0.25) is 10.0 Å². The van der Waals surface area contributed by atoms with Crippen LogP contribution in [0, 0.1) is 5.82 Å². The molecule has 120 valence electrons. The van der Waals surface area contributed by atoms with Crippen molar-refractivity contribution >= 4 is 58.2 Å². The molecule has 0 radical (unpaired) electrons. The van der Waals surface area contributed by atoms with Crippen LogP contribution >= 0.6 is 35.0 Å². The molecule has 1 fully saturated rings. The van der Waals surface area contributed by atoms with Crippen LogP contribution in [0.4, 0.5) is 4.39 Å². The van der Waals surface area contributed by atoms with Crippen molar-refractivity contribution in [3.63, 3.8) is 0 Å². The van der Waals surface area contributed by atoms with Gasteiger partial charge in [0.1, 0.15) is 5.82 Å². The molecule has 1 aliphatic heterocycles. The largest absolute Gasteiger partial charge is 0.466 e. The molecule has 6 nitrogen and oxygen atoms in total. The molecule has 1 N–H and O–H groups in total. The Labute approximate surface area is 144 Å². The molecule has 1 aliphatic rings. The highest BCUT2D eigenvalue weighted by Crippen LogP contribution is 2.26. The monoisotopic (exact) mass is 375 g/mol. The quantitative estimate of drug-likeness (QED) is 0.289. The minimum absolute atomic E-state index is 0.0487. The lowest BCUT2D eigenvalue weighted by Crippen LogP contribution is -2.19. The van der Waals surface area contributed by atoms with Gasteiger partial charge in [0.05, 0.1) is 28.3 Å². The summed E-state index contributed by atoms with van der Waals surface area (Å²) in [5, 5.41) is 9.94. The number of rotatable bonds is 3. The van der Waals surface area contributed by atoms with E-state index >= 15 is 0 Å². The minimum atomic E-state index is -0.680. The summed E-state index contributed by atoms with van der Waals surface area (Å²) in [5.74, 6) is -1.83. The Morgan fingerprint density at radius 1 is 1.43 bits per heavy atom. The van der Waals surface area contributed by atoms with Gasteiger partial charge < -0.3 is 4.74 Å². The summed E-state index contributed by atoms with van der Waals surface area (Å²) in [4.78, 5) is 22.8. The zero-order valence-corrected chi connectivity index (χ0v) is 13.8. The van der Waals surface area contributed by atoms with E-state index in [2.05, 4.69) is 20.3 Å². The van der Waals surface area contributed by atoms with E-state index in [1.54, 1.807) is 0 Å². The highest BCUT2D eigenvalue weighted by Gasteiger charge is 2.24.